The van der Waals surface area contributed by atoms with Gasteiger partial charge in [0.25, 0.3) is 5.56 Å². The SMILES string of the molecule is Cc1nc(-c2cc(Cl)cs2)[nH]c(=O)c1F. The summed E-state index contributed by atoms with van der Waals surface area (Å²) >= 11 is 7.08. The predicted molar refractivity (Wildman–Crippen MR) is 57.9 cm³/mol. The molecule has 0 aromatic carbocycles. The average molecular weight is 245 g/mol. The lowest BCUT2D eigenvalue weighted by Gasteiger charge is -1.98. The van der Waals surface area contributed by atoms with Crippen molar-refractivity contribution in [2.45, 2.75) is 6.92 Å². The molecule has 0 radical (unpaired) electrons. The number of rotatable bonds is 1. The molecular formula is C9H6ClFN2OS. The Hall–Kier alpha value is -1.20. The second-order valence-electron chi connectivity index (χ2n) is 2.94. The number of thiophene rings is 1. The van der Waals surface area contributed by atoms with E-state index in [1.165, 1.54) is 18.3 Å². The van der Waals surface area contributed by atoms with Gasteiger partial charge in [-0.3, -0.25) is 4.79 Å². The molecule has 15 heavy (non-hydrogen) atoms. The van der Waals surface area contributed by atoms with Gasteiger partial charge in [0.1, 0.15) is 0 Å². The number of aromatic nitrogens is 2. The van der Waals surface area contributed by atoms with Crippen molar-refractivity contribution in [3.8, 4) is 10.7 Å². The van der Waals surface area contributed by atoms with E-state index in [4.69, 9.17) is 11.6 Å². The molecule has 0 amide bonds. The summed E-state index contributed by atoms with van der Waals surface area (Å²) in [6.45, 7) is 1.45. The van der Waals surface area contributed by atoms with E-state index in [-0.39, 0.29) is 5.69 Å². The summed E-state index contributed by atoms with van der Waals surface area (Å²) in [4.78, 5) is 18.1. The van der Waals surface area contributed by atoms with Crippen molar-refractivity contribution in [2.75, 3.05) is 0 Å². The molecule has 0 aliphatic carbocycles. The monoisotopic (exact) mass is 244 g/mol. The second kappa shape index (κ2) is 3.75. The summed E-state index contributed by atoms with van der Waals surface area (Å²) < 4.78 is 13.0. The Bertz CT molecular complexity index is 563. The molecular weight excluding hydrogens is 239 g/mol. The lowest BCUT2D eigenvalue weighted by atomic mass is 10.4. The first kappa shape index (κ1) is 10.3. The van der Waals surface area contributed by atoms with Crippen LogP contribution < -0.4 is 5.56 Å². The Morgan fingerprint density at radius 2 is 2.33 bits per heavy atom. The molecule has 0 atom stereocenters. The molecule has 3 nitrogen and oxygen atoms in total. The quantitative estimate of drug-likeness (QED) is 0.838. The fourth-order valence-electron chi connectivity index (χ4n) is 1.13. The van der Waals surface area contributed by atoms with Crippen molar-refractivity contribution in [2.24, 2.45) is 0 Å². The third-order valence-electron chi connectivity index (χ3n) is 1.83. The maximum atomic E-state index is 13.0. The lowest BCUT2D eigenvalue weighted by molar-refractivity contribution is 0.589. The Morgan fingerprint density at radius 1 is 1.60 bits per heavy atom. The summed E-state index contributed by atoms with van der Waals surface area (Å²) in [6.07, 6.45) is 0. The van der Waals surface area contributed by atoms with E-state index in [1.807, 2.05) is 0 Å². The molecule has 6 heteroatoms. The van der Waals surface area contributed by atoms with E-state index in [9.17, 15) is 9.18 Å². The molecule has 0 unspecified atom stereocenters. The minimum atomic E-state index is -0.846. The van der Waals surface area contributed by atoms with Gasteiger partial charge in [-0.05, 0) is 13.0 Å². The third-order valence-corrected chi connectivity index (χ3v) is 3.11. The normalized spacial score (nSPS) is 10.6. The summed E-state index contributed by atoms with van der Waals surface area (Å²) in [5, 5.41) is 2.29. The van der Waals surface area contributed by atoms with Gasteiger partial charge < -0.3 is 4.98 Å². The van der Waals surface area contributed by atoms with E-state index in [1.54, 1.807) is 11.4 Å². The van der Waals surface area contributed by atoms with Crippen molar-refractivity contribution in [3.63, 3.8) is 0 Å². The molecule has 2 aromatic heterocycles. The predicted octanol–water partition coefficient (Wildman–Crippen LogP) is 2.60. The van der Waals surface area contributed by atoms with Gasteiger partial charge in [0.05, 0.1) is 15.6 Å². The summed E-state index contributed by atoms with van der Waals surface area (Å²) in [5.74, 6) is -0.503. The first-order valence-corrected chi connectivity index (χ1v) is 5.34. The first-order valence-electron chi connectivity index (χ1n) is 4.09. The molecule has 2 aromatic rings. The largest absolute Gasteiger partial charge is 0.303 e. The molecule has 0 aliphatic heterocycles. The second-order valence-corrected chi connectivity index (χ2v) is 4.29. The van der Waals surface area contributed by atoms with Crippen molar-refractivity contribution in [1.29, 1.82) is 0 Å². The lowest BCUT2D eigenvalue weighted by Crippen LogP contribution is -2.15. The number of aryl methyl sites for hydroxylation is 1. The molecule has 0 fully saturated rings. The van der Waals surface area contributed by atoms with Crippen LogP contribution in [0.5, 0.6) is 0 Å². The van der Waals surface area contributed by atoms with Crippen LogP contribution in [-0.4, -0.2) is 9.97 Å². The molecule has 1 N–H and O–H groups in total. The first-order chi connectivity index (χ1) is 7.08. The third kappa shape index (κ3) is 1.93. The standard InChI is InChI=1S/C9H6ClFN2OS/c1-4-7(11)9(14)13-8(12-4)6-2-5(10)3-15-6/h2-3H,1H3,(H,12,13,14). The van der Waals surface area contributed by atoms with Gasteiger partial charge >= 0.3 is 0 Å². The van der Waals surface area contributed by atoms with Crippen LogP contribution in [0.15, 0.2) is 16.2 Å². The number of aromatic amines is 1. The molecule has 0 aliphatic rings. The highest BCUT2D eigenvalue weighted by molar-refractivity contribution is 7.14. The topological polar surface area (TPSA) is 45.8 Å². The van der Waals surface area contributed by atoms with Gasteiger partial charge in [0.15, 0.2) is 5.82 Å². The molecule has 0 saturated heterocycles. The van der Waals surface area contributed by atoms with E-state index >= 15 is 0 Å². The smallest absolute Gasteiger partial charge is 0.287 e. The molecule has 78 valence electrons. The van der Waals surface area contributed by atoms with Crippen molar-refractivity contribution >= 4 is 22.9 Å². The van der Waals surface area contributed by atoms with Crippen LogP contribution in [0.3, 0.4) is 0 Å². The number of hydrogen-bond donors (Lipinski definition) is 1. The van der Waals surface area contributed by atoms with Crippen molar-refractivity contribution in [3.05, 3.63) is 38.3 Å². The highest BCUT2D eigenvalue weighted by atomic mass is 35.5. The van der Waals surface area contributed by atoms with E-state index in [0.29, 0.717) is 15.7 Å². The Kier molecular flexibility index (Phi) is 2.58. The Morgan fingerprint density at radius 3 is 2.87 bits per heavy atom. The van der Waals surface area contributed by atoms with Crippen LogP contribution in [0.1, 0.15) is 5.69 Å². The summed E-state index contributed by atoms with van der Waals surface area (Å²) in [5.41, 5.74) is -0.680. The van der Waals surface area contributed by atoms with Crippen LogP contribution in [0.25, 0.3) is 10.7 Å². The van der Waals surface area contributed by atoms with Crippen molar-refractivity contribution in [1.82, 2.24) is 9.97 Å². The highest BCUT2D eigenvalue weighted by Crippen LogP contribution is 2.26. The van der Waals surface area contributed by atoms with Crippen LogP contribution in [0.4, 0.5) is 4.39 Å². The highest BCUT2D eigenvalue weighted by Gasteiger charge is 2.09. The molecule has 2 heterocycles. The fraction of sp³-hybridized carbons (Fsp3) is 0.111. The zero-order valence-electron chi connectivity index (χ0n) is 7.67. The summed E-state index contributed by atoms with van der Waals surface area (Å²) in [6, 6.07) is 1.67. The van der Waals surface area contributed by atoms with Gasteiger partial charge in [-0.2, -0.15) is 4.39 Å². The number of H-pyrrole nitrogens is 1. The fourth-order valence-corrected chi connectivity index (χ4v) is 2.14. The number of halogens is 2. The van der Waals surface area contributed by atoms with Crippen molar-refractivity contribution < 1.29 is 4.39 Å². The van der Waals surface area contributed by atoms with Crippen LogP contribution in [0, 0.1) is 12.7 Å². The van der Waals surface area contributed by atoms with Crippen LogP contribution >= 0.6 is 22.9 Å². The van der Waals surface area contributed by atoms with Gasteiger partial charge in [-0.1, -0.05) is 11.6 Å². The molecule has 0 bridgehead atoms. The minimum absolute atomic E-state index is 0.0817. The minimum Gasteiger partial charge on any atom is -0.303 e. The van der Waals surface area contributed by atoms with Gasteiger partial charge in [-0.25, -0.2) is 4.98 Å². The number of hydrogen-bond acceptors (Lipinski definition) is 3. The van der Waals surface area contributed by atoms with Gasteiger partial charge in [0.2, 0.25) is 5.82 Å². The molecule has 2 rings (SSSR count). The molecule has 0 spiro atoms. The zero-order valence-corrected chi connectivity index (χ0v) is 9.25. The van der Waals surface area contributed by atoms with Gasteiger partial charge in [0, 0.05) is 5.38 Å². The number of nitrogens with one attached hydrogen (secondary N) is 1. The number of nitrogens with zero attached hydrogens (tertiary/aromatic N) is 1. The Labute approximate surface area is 93.6 Å². The maximum Gasteiger partial charge on any atom is 0.287 e. The summed E-state index contributed by atoms with van der Waals surface area (Å²) in [7, 11) is 0. The van der Waals surface area contributed by atoms with E-state index in [0.717, 1.165) is 0 Å². The average Bonchev–Trinajstić information content (AvgIpc) is 2.60. The zero-order chi connectivity index (χ0) is 11.0. The molecule has 0 saturated carbocycles. The van der Waals surface area contributed by atoms with E-state index < -0.39 is 11.4 Å². The van der Waals surface area contributed by atoms with Crippen LogP contribution in [-0.2, 0) is 0 Å². The van der Waals surface area contributed by atoms with E-state index in [2.05, 4.69) is 9.97 Å². The van der Waals surface area contributed by atoms with Crippen LogP contribution in [0.2, 0.25) is 5.02 Å². The Balaban J connectivity index is 2.60. The van der Waals surface area contributed by atoms with Gasteiger partial charge in [-0.15, -0.1) is 11.3 Å². The maximum absolute atomic E-state index is 13.0.